The van der Waals surface area contributed by atoms with Gasteiger partial charge in [0, 0.05) is 32.1 Å². The van der Waals surface area contributed by atoms with Crippen molar-refractivity contribution in [1.82, 2.24) is 14.9 Å². The third kappa shape index (κ3) is 4.52. The molecule has 0 unspecified atom stereocenters. The minimum atomic E-state index is 0.211. The summed E-state index contributed by atoms with van der Waals surface area (Å²) in [7, 11) is 0. The molecule has 0 radical (unpaired) electrons. The third-order valence-corrected chi connectivity index (χ3v) is 3.95. The molecule has 1 aliphatic rings. The van der Waals surface area contributed by atoms with Gasteiger partial charge >= 0.3 is 0 Å². The zero-order valence-electron chi connectivity index (χ0n) is 11.6. The number of piperidine rings is 1. The van der Waals surface area contributed by atoms with Crippen molar-refractivity contribution in [2.75, 3.05) is 31.2 Å². The summed E-state index contributed by atoms with van der Waals surface area (Å²) in [6.07, 6.45) is 5.86. The van der Waals surface area contributed by atoms with Gasteiger partial charge in [-0.2, -0.15) is 0 Å². The van der Waals surface area contributed by atoms with Gasteiger partial charge in [0.15, 0.2) is 5.16 Å². The van der Waals surface area contributed by atoms with E-state index in [-0.39, 0.29) is 5.91 Å². The minimum Gasteiger partial charge on any atom is -0.369 e. The number of nitrogens with zero attached hydrogens (tertiary/aromatic N) is 3. The Hall–Kier alpha value is -1.01. The molecule has 5 nitrogen and oxygen atoms in total. The number of aromatic nitrogens is 2. The summed E-state index contributed by atoms with van der Waals surface area (Å²) in [5.74, 6) is 0.878. The van der Waals surface area contributed by atoms with Crippen molar-refractivity contribution in [3.8, 4) is 0 Å². The van der Waals surface area contributed by atoms with Crippen LogP contribution >= 0.6 is 23.4 Å². The number of anilines is 1. The SMILES string of the molecule is CSc1nc(Cl)cc(NCCC(=O)N2CCCCC2)n1. The van der Waals surface area contributed by atoms with Gasteiger partial charge in [-0.15, -0.1) is 0 Å². The number of halogens is 1. The summed E-state index contributed by atoms with van der Waals surface area (Å²) in [5, 5.41) is 4.17. The van der Waals surface area contributed by atoms with E-state index in [1.807, 2.05) is 11.2 Å². The van der Waals surface area contributed by atoms with E-state index in [2.05, 4.69) is 15.3 Å². The van der Waals surface area contributed by atoms with Crippen LogP contribution in [-0.2, 0) is 4.79 Å². The standard InChI is InChI=1S/C13H19ClN4OS/c1-20-13-16-10(14)9-11(17-13)15-6-5-12(19)18-7-3-2-4-8-18/h9H,2-8H2,1H3,(H,15,16,17). The monoisotopic (exact) mass is 314 g/mol. The maximum absolute atomic E-state index is 12.0. The minimum absolute atomic E-state index is 0.211. The maximum Gasteiger partial charge on any atom is 0.224 e. The molecule has 1 aromatic rings. The van der Waals surface area contributed by atoms with Gasteiger partial charge in [0.2, 0.25) is 5.91 Å². The summed E-state index contributed by atoms with van der Waals surface area (Å²) in [4.78, 5) is 22.3. The van der Waals surface area contributed by atoms with Crippen LogP contribution in [0, 0.1) is 0 Å². The number of rotatable bonds is 5. The number of hydrogen-bond acceptors (Lipinski definition) is 5. The molecular weight excluding hydrogens is 296 g/mol. The summed E-state index contributed by atoms with van der Waals surface area (Å²) < 4.78 is 0. The fraction of sp³-hybridized carbons (Fsp3) is 0.615. The first-order chi connectivity index (χ1) is 9.69. The van der Waals surface area contributed by atoms with Crippen LogP contribution in [0.25, 0.3) is 0 Å². The number of carbonyl (C=O) groups excluding carboxylic acids is 1. The Morgan fingerprint density at radius 3 is 2.85 bits per heavy atom. The van der Waals surface area contributed by atoms with E-state index in [4.69, 9.17) is 11.6 Å². The third-order valence-electron chi connectivity index (χ3n) is 3.21. The van der Waals surface area contributed by atoms with Gasteiger partial charge < -0.3 is 10.2 Å². The van der Waals surface area contributed by atoms with Crippen LogP contribution in [0.3, 0.4) is 0 Å². The van der Waals surface area contributed by atoms with Crippen molar-refractivity contribution >= 4 is 35.1 Å². The van der Waals surface area contributed by atoms with Crippen molar-refractivity contribution in [2.45, 2.75) is 30.8 Å². The molecule has 1 amide bonds. The Morgan fingerprint density at radius 2 is 2.15 bits per heavy atom. The maximum atomic E-state index is 12.0. The molecule has 0 bridgehead atoms. The molecule has 0 aromatic carbocycles. The summed E-state index contributed by atoms with van der Waals surface area (Å²) in [6.45, 7) is 2.36. The fourth-order valence-electron chi connectivity index (χ4n) is 2.18. The Labute approximate surface area is 128 Å². The predicted octanol–water partition coefficient (Wildman–Crippen LogP) is 2.67. The lowest BCUT2D eigenvalue weighted by Crippen LogP contribution is -2.36. The van der Waals surface area contributed by atoms with Crippen LogP contribution in [0.2, 0.25) is 5.15 Å². The van der Waals surface area contributed by atoms with Crippen molar-refractivity contribution in [3.63, 3.8) is 0 Å². The second-order valence-corrected chi connectivity index (χ2v) is 5.84. The topological polar surface area (TPSA) is 58.1 Å². The van der Waals surface area contributed by atoms with Crippen LogP contribution in [0.5, 0.6) is 0 Å². The van der Waals surface area contributed by atoms with Gasteiger partial charge in [-0.25, -0.2) is 9.97 Å². The van der Waals surface area contributed by atoms with E-state index in [0.29, 0.717) is 29.1 Å². The van der Waals surface area contributed by atoms with Crippen molar-refractivity contribution in [1.29, 1.82) is 0 Å². The van der Waals surface area contributed by atoms with E-state index in [0.717, 1.165) is 25.9 Å². The van der Waals surface area contributed by atoms with Crippen molar-refractivity contribution < 1.29 is 4.79 Å². The molecule has 1 saturated heterocycles. The Kier molecular flexibility index (Phi) is 5.91. The summed E-state index contributed by atoms with van der Waals surface area (Å²) in [6, 6.07) is 1.67. The molecule has 0 aliphatic carbocycles. The molecule has 0 saturated carbocycles. The molecule has 2 heterocycles. The second kappa shape index (κ2) is 7.69. The number of hydrogen-bond donors (Lipinski definition) is 1. The summed E-state index contributed by atoms with van der Waals surface area (Å²) >= 11 is 7.35. The van der Waals surface area contributed by atoms with Crippen molar-refractivity contribution in [2.24, 2.45) is 0 Å². The first-order valence-corrected chi connectivity index (χ1v) is 8.39. The van der Waals surface area contributed by atoms with Gasteiger partial charge in [0.25, 0.3) is 0 Å². The van der Waals surface area contributed by atoms with Crippen LogP contribution < -0.4 is 5.32 Å². The van der Waals surface area contributed by atoms with E-state index in [9.17, 15) is 4.79 Å². The van der Waals surface area contributed by atoms with Crippen LogP contribution in [0.15, 0.2) is 11.2 Å². The van der Waals surface area contributed by atoms with Crippen LogP contribution in [-0.4, -0.2) is 46.7 Å². The van der Waals surface area contributed by atoms with Gasteiger partial charge in [-0.1, -0.05) is 23.4 Å². The van der Waals surface area contributed by atoms with Gasteiger partial charge in [-0.3, -0.25) is 4.79 Å². The molecule has 0 spiro atoms. The number of amides is 1. The molecule has 1 N–H and O–H groups in total. The average Bonchev–Trinajstić information content (AvgIpc) is 2.47. The lowest BCUT2D eigenvalue weighted by Gasteiger charge is -2.26. The van der Waals surface area contributed by atoms with Crippen LogP contribution in [0.4, 0.5) is 5.82 Å². The molecular formula is C13H19ClN4OS. The number of likely N-dealkylation sites (tertiary alicyclic amines) is 1. The Bertz CT molecular complexity index is 466. The highest BCUT2D eigenvalue weighted by Gasteiger charge is 2.15. The van der Waals surface area contributed by atoms with E-state index in [1.54, 1.807) is 6.07 Å². The van der Waals surface area contributed by atoms with Gasteiger partial charge in [0.05, 0.1) is 0 Å². The van der Waals surface area contributed by atoms with E-state index >= 15 is 0 Å². The first kappa shape index (κ1) is 15.4. The molecule has 2 rings (SSSR count). The lowest BCUT2D eigenvalue weighted by molar-refractivity contribution is -0.131. The molecule has 1 fully saturated rings. The van der Waals surface area contributed by atoms with Gasteiger partial charge in [-0.05, 0) is 25.5 Å². The highest BCUT2D eigenvalue weighted by Crippen LogP contribution is 2.17. The largest absolute Gasteiger partial charge is 0.369 e. The quantitative estimate of drug-likeness (QED) is 0.514. The molecule has 110 valence electrons. The molecule has 7 heteroatoms. The van der Waals surface area contributed by atoms with Crippen molar-refractivity contribution in [3.05, 3.63) is 11.2 Å². The van der Waals surface area contributed by atoms with Crippen LogP contribution in [0.1, 0.15) is 25.7 Å². The fourth-order valence-corrected chi connectivity index (χ4v) is 2.79. The number of nitrogens with one attached hydrogen (secondary N) is 1. The Morgan fingerprint density at radius 1 is 1.40 bits per heavy atom. The highest BCUT2D eigenvalue weighted by molar-refractivity contribution is 7.98. The highest BCUT2D eigenvalue weighted by atomic mass is 35.5. The molecule has 20 heavy (non-hydrogen) atoms. The summed E-state index contributed by atoms with van der Waals surface area (Å²) in [5.41, 5.74) is 0. The van der Waals surface area contributed by atoms with Gasteiger partial charge in [0.1, 0.15) is 11.0 Å². The molecule has 1 aromatic heterocycles. The number of carbonyl (C=O) groups is 1. The lowest BCUT2D eigenvalue weighted by atomic mass is 10.1. The number of thioether (sulfide) groups is 1. The normalized spacial score (nSPS) is 15.2. The zero-order valence-corrected chi connectivity index (χ0v) is 13.1. The van der Waals surface area contributed by atoms with E-state index < -0.39 is 0 Å². The second-order valence-electron chi connectivity index (χ2n) is 4.68. The Balaban J connectivity index is 1.80. The van der Waals surface area contributed by atoms with E-state index in [1.165, 1.54) is 18.2 Å². The smallest absolute Gasteiger partial charge is 0.224 e. The molecule has 1 aliphatic heterocycles. The zero-order chi connectivity index (χ0) is 14.4. The molecule has 0 atom stereocenters. The average molecular weight is 315 g/mol. The first-order valence-electron chi connectivity index (χ1n) is 6.79. The predicted molar refractivity (Wildman–Crippen MR) is 82.4 cm³/mol.